The summed E-state index contributed by atoms with van der Waals surface area (Å²) in [6.07, 6.45) is -0.560. The van der Waals surface area contributed by atoms with E-state index < -0.39 is 13.4 Å². The first kappa shape index (κ1) is 17.5. The Labute approximate surface area is 102 Å². The molecule has 0 aliphatic rings. The summed E-state index contributed by atoms with van der Waals surface area (Å²) in [6, 6.07) is 0. The molecule has 7 heteroatoms. The van der Waals surface area contributed by atoms with Gasteiger partial charge in [-0.1, -0.05) is 0 Å². The predicted octanol–water partition coefficient (Wildman–Crippen LogP) is -3.34. The fraction of sp³-hybridized carbons (Fsp3) is 1.00. The maximum atomic E-state index is 8.11. The van der Waals surface area contributed by atoms with Crippen LogP contribution in [0.15, 0.2) is 0 Å². The van der Waals surface area contributed by atoms with E-state index in [-0.39, 0.29) is 58.0 Å². The van der Waals surface area contributed by atoms with Crippen molar-refractivity contribution in [1.29, 1.82) is 0 Å². The zero-order valence-electron chi connectivity index (χ0n) is 5.10. The van der Waals surface area contributed by atoms with Crippen molar-refractivity contribution in [1.82, 2.24) is 0 Å². The van der Waals surface area contributed by atoms with Crippen LogP contribution in [0.4, 0.5) is 0 Å². The molecule has 5 N–H and O–H groups in total. The van der Waals surface area contributed by atoms with Crippen LogP contribution in [-0.4, -0.2) is 96.7 Å². The molecule has 0 radical (unpaired) electrons. The van der Waals surface area contributed by atoms with Crippen LogP contribution in [0.1, 0.15) is 6.92 Å². The molecule has 1 unspecified atom stereocenters. The minimum atomic E-state index is -2.17. The van der Waals surface area contributed by atoms with Crippen molar-refractivity contribution >= 4 is 58.7 Å². The molecule has 0 bridgehead atoms. The molecular weight excluding hydrogens is 166 g/mol. The van der Waals surface area contributed by atoms with E-state index in [0.717, 1.165) is 0 Å². The second kappa shape index (κ2) is 13.1. The Bertz CT molecular complexity index is 49.4. The van der Waals surface area contributed by atoms with Crippen LogP contribution in [-0.2, 0) is 0 Å². The molecule has 0 aromatic heterocycles. The van der Waals surface area contributed by atoms with Gasteiger partial charge in [0.2, 0.25) is 0 Å². The third kappa shape index (κ3) is 56.0. The quantitative estimate of drug-likeness (QED) is 0.270. The van der Waals surface area contributed by atoms with Crippen LogP contribution in [0, 0.1) is 0 Å². The Balaban J connectivity index is -0.0000000910. The predicted molar refractivity (Wildman–Crippen MR) is 38.3 cm³/mol. The second-order valence-corrected chi connectivity index (χ2v) is 1.38. The Kier molecular flexibility index (Phi) is 23.0. The topological polar surface area (TPSA) is 101 Å². The first-order chi connectivity index (χ1) is 4.00. The van der Waals surface area contributed by atoms with Gasteiger partial charge in [0.15, 0.2) is 0 Å². The summed E-state index contributed by atoms with van der Waals surface area (Å²) in [4.78, 5) is 0. The van der Waals surface area contributed by atoms with Gasteiger partial charge in [0, 0.05) is 0 Å². The van der Waals surface area contributed by atoms with Gasteiger partial charge in [0.25, 0.3) is 0 Å². The van der Waals surface area contributed by atoms with Gasteiger partial charge in [0.1, 0.15) is 0 Å². The van der Waals surface area contributed by atoms with Gasteiger partial charge >= 0.3 is 58.7 Å². The summed E-state index contributed by atoms with van der Waals surface area (Å²) in [5, 5.41) is 37.5. The standard InChI is InChI=1S/C3H8O2.BH3O3.K.H/c1-3(5)2-4;2-1(3)4;;/h3-5H,2H2,1H3;2-4H;;. The van der Waals surface area contributed by atoms with Crippen LogP contribution in [0.2, 0.25) is 0 Å². The number of aliphatic hydroxyl groups excluding tert-OH is 2. The molecule has 0 spiro atoms. The average molecular weight is 178 g/mol. The summed E-state index contributed by atoms with van der Waals surface area (Å²) in [6.45, 7) is 1.39. The molecule has 0 aromatic carbocycles. The maximum absolute atomic E-state index is 8.11. The SMILES string of the molecule is CC(O)CO.OB(O)O.[KH]. The van der Waals surface area contributed by atoms with E-state index >= 15 is 0 Å². The molecule has 0 aliphatic carbocycles. The third-order valence-corrected chi connectivity index (χ3v) is 0.264. The van der Waals surface area contributed by atoms with E-state index in [1.807, 2.05) is 0 Å². The number of rotatable bonds is 1. The Hall–Kier alpha value is 1.50. The van der Waals surface area contributed by atoms with Crippen LogP contribution >= 0.6 is 0 Å². The number of hydrogen-bond donors (Lipinski definition) is 5. The first-order valence-corrected chi connectivity index (χ1v) is 2.33. The fourth-order valence-corrected chi connectivity index (χ4v) is 0. The molecule has 0 fully saturated rings. The van der Waals surface area contributed by atoms with Crippen LogP contribution in [0.3, 0.4) is 0 Å². The van der Waals surface area contributed by atoms with Crippen molar-refractivity contribution in [3.63, 3.8) is 0 Å². The summed E-state index contributed by atoms with van der Waals surface area (Å²) in [5.74, 6) is 0. The zero-order chi connectivity index (χ0) is 7.86. The summed E-state index contributed by atoms with van der Waals surface area (Å²) >= 11 is 0. The van der Waals surface area contributed by atoms with Crippen molar-refractivity contribution in [3.8, 4) is 0 Å². The molecule has 0 aliphatic heterocycles. The van der Waals surface area contributed by atoms with E-state index in [4.69, 9.17) is 25.3 Å². The van der Waals surface area contributed by atoms with Crippen LogP contribution in [0.25, 0.3) is 0 Å². The van der Waals surface area contributed by atoms with E-state index in [2.05, 4.69) is 0 Å². The molecule has 1 atom stereocenters. The van der Waals surface area contributed by atoms with Crippen molar-refractivity contribution in [2.45, 2.75) is 13.0 Å². The van der Waals surface area contributed by atoms with Crippen molar-refractivity contribution in [2.75, 3.05) is 6.61 Å². The molecule has 0 saturated carbocycles. The van der Waals surface area contributed by atoms with Gasteiger partial charge in [-0.15, -0.1) is 0 Å². The van der Waals surface area contributed by atoms with E-state index in [1.54, 1.807) is 0 Å². The van der Waals surface area contributed by atoms with Gasteiger partial charge in [-0.2, -0.15) is 0 Å². The molecule has 0 amide bonds. The van der Waals surface area contributed by atoms with E-state index in [9.17, 15) is 0 Å². The van der Waals surface area contributed by atoms with Gasteiger partial charge < -0.3 is 25.3 Å². The Morgan fingerprint density at radius 1 is 1.30 bits per heavy atom. The van der Waals surface area contributed by atoms with Crippen molar-refractivity contribution < 1.29 is 25.3 Å². The van der Waals surface area contributed by atoms with Crippen LogP contribution < -0.4 is 0 Å². The molecule has 0 heterocycles. The monoisotopic (exact) mass is 178 g/mol. The number of aliphatic hydroxyl groups is 2. The molecule has 0 rings (SSSR count). The summed E-state index contributed by atoms with van der Waals surface area (Å²) in [5.41, 5.74) is 0. The van der Waals surface area contributed by atoms with Gasteiger partial charge in [-0.25, -0.2) is 0 Å². The second-order valence-electron chi connectivity index (χ2n) is 1.38. The zero-order valence-corrected chi connectivity index (χ0v) is 5.10. The molecule has 10 heavy (non-hydrogen) atoms. The molecule has 5 nitrogen and oxygen atoms in total. The minimum absolute atomic E-state index is 0. The van der Waals surface area contributed by atoms with E-state index in [1.165, 1.54) is 6.92 Å². The summed E-state index contributed by atoms with van der Waals surface area (Å²) < 4.78 is 0. The molecule has 0 aromatic rings. The van der Waals surface area contributed by atoms with Crippen molar-refractivity contribution in [3.05, 3.63) is 0 Å². The fourth-order valence-electron chi connectivity index (χ4n) is 0. The normalized spacial score (nSPS) is 10.2. The van der Waals surface area contributed by atoms with Gasteiger partial charge in [-0.05, 0) is 6.92 Å². The number of hydrogen-bond acceptors (Lipinski definition) is 5. The van der Waals surface area contributed by atoms with Crippen molar-refractivity contribution in [2.24, 2.45) is 0 Å². The third-order valence-electron chi connectivity index (χ3n) is 0.264. The Morgan fingerprint density at radius 2 is 1.40 bits per heavy atom. The molecule has 58 valence electrons. The Morgan fingerprint density at radius 3 is 1.40 bits per heavy atom. The molecular formula is C3H12BKO5. The summed E-state index contributed by atoms with van der Waals surface area (Å²) in [7, 11) is -2.17. The van der Waals surface area contributed by atoms with Crippen LogP contribution in [0.5, 0.6) is 0 Å². The molecule has 0 saturated heterocycles. The van der Waals surface area contributed by atoms with Gasteiger partial charge in [-0.3, -0.25) is 0 Å². The van der Waals surface area contributed by atoms with Gasteiger partial charge in [0.05, 0.1) is 12.7 Å². The average Bonchev–Trinajstić information content (AvgIpc) is 1.65. The first-order valence-electron chi connectivity index (χ1n) is 2.33. The van der Waals surface area contributed by atoms with E-state index in [0.29, 0.717) is 0 Å².